The van der Waals surface area contributed by atoms with Crippen LogP contribution in [0.15, 0.2) is 30.6 Å². The molecule has 0 aliphatic rings. The normalized spacial score (nSPS) is 15.9. The summed E-state index contributed by atoms with van der Waals surface area (Å²) in [5, 5.41) is 9.29. The van der Waals surface area contributed by atoms with Crippen LogP contribution in [0.25, 0.3) is 0 Å². The third-order valence-corrected chi connectivity index (χ3v) is 7.92. The molecule has 2 rings (SSSR count). The van der Waals surface area contributed by atoms with Crippen LogP contribution >= 0.6 is 7.60 Å². The van der Waals surface area contributed by atoms with Gasteiger partial charge in [-0.1, -0.05) is 13.0 Å². The molecule has 1 aromatic carbocycles. The molecule has 2 aromatic rings. The van der Waals surface area contributed by atoms with Crippen LogP contribution in [0.3, 0.4) is 0 Å². The molecular formula is C20H28NO4P. The lowest BCUT2D eigenvalue weighted by molar-refractivity contribution is 0.251. The molecule has 2 atom stereocenters. The predicted molar refractivity (Wildman–Crippen MR) is 104 cm³/mol. The summed E-state index contributed by atoms with van der Waals surface area (Å²) >= 11 is 0. The van der Waals surface area contributed by atoms with Gasteiger partial charge in [-0.2, -0.15) is 0 Å². The quantitative estimate of drug-likeness (QED) is 0.632. The number of aromatic nitrogens is 1. The van der Waals surface area contributed by atoms with Gasteiger partial charge < -0.3 is 9.63 Å². The van der Waals surface area contributed by atoms with Gasteiger partial charge in [0, 0.05) is 12.4 Å². The van der Waals surface area contributed by atoms with Crippen molar-refractivity contribution in [2.45, 2.75) is 53.1 Å². The molecule has 0 radical (unpaired) electrons. The summed E-state index contributed by atoms with van der Waals surface area (Å²) in [4.78, 5) is 4.17. The van der Waals surface area contributed by atoms with Gasteiger partial charge in [0.25, 0.3) is 0 Å². The summed E-state index contributed by atoms with van der Waals surface area (Å²) in [5.41, 5.74) is 2.94. The predicted octanol–water partition coefficient (Wildman–Crippen LogP) is 5.65. The van der Waals surface area contributed by atoms with Gasteiger partial charge in [0.15, 0.2) is 0 Å². The first-order chi connectivity index (χ1) is 12.2. The Morgan fingerprint density at radius 2 is 1.92 bits per heavy atom. The van der Waals surface area contributed by atoms with Crippen LogP contribution in [0.4, 0.5) is 0 Å². The second kappa shape index (κ2) is 7.81. The number of phenolic OH excluding ortho intramolecular Hbond substituents is 1. The molecule has 26 heavy (non-hydrogen) atoms. The summed E-state index contributed by atoms with van der Waals surface area (Å²) in [6, 6.07) is 5.42. The van der Waals surface area contributed by atoms with Gasteiger partial charge in [-0.15, -0.1) is 0 Å². The first kappa shape index (κ1) is 20.5. The number of rotatable bonds is 7. The molecule has 0 spiro atoms. The van der Waals surface area contributed by atoms with Crippen LogP contribution in [-0.2, 0) is 14.2 Å². The Labute approximate surface area is 155 Å². The van der Waals surface area contributed by atoms with E-state index in [1.165, 1.54) is 0 Å². The molecule has 0 aliphatic carbocycles. The topological polar surface area (TPSA) is 68.7 Å². The van der Waals surface area contributed by atoms with Crippen molar-refractivity contribution in [3.8, 4) is 11.5 Å². The Hall–Kier alpha value is -1.84. The van der Waals surface area contributed by atoms with Crippen molar-refractivity contribution >= 4 is 7.60 Å². The zero-order valence-electron chi connectivity index (χ0n) is 16.4. The average Bonchev–Trinajstić information content (AvgIpc) is 2.64. The van der Waals surface area contributed by atoms with Gasteiger partial charge >= 0.3 is 7.60 Å². The van der Waals surface area contributed by atoms with E-state index >= 15 is 0 Å². The van der Waals surface area contributed by atoms with Crippen molar-refractivity contribution in [2.75, 3.05) is 6.61 Å². The van der Waals surface area contributed by atoms with Crippen molar-refractivity contribution in [3.63, 3.8) is 0 Å². The van der Waals surface area contributed by atoms with E-state index in [1.54, 1.807) is 32.3 Å². The minimum absolute atomic E-state index is 0.228. The second-order valence-corrected chi connectivity index (χ2v) is 9.09. The van der Waals surface area contributed by atoms with Crippen molar-refractivity contribution in [1.82, 2.24) is 4.98 Å². The number of pyridine rings is 1. The minimum Gasteiger partial charge on any atom is -0.507 e. The lowest BCUT2D eigenvalue weighted by atomic mass is 9.99. The van der Waals surface area contributed by atoms with Gasteiger partial charge in [-0.25, -0.2) is 4.57 Å². The molecule has 0 saturated carbocycles. The third-order valence-electron chi connectivity index (χ3n) is 5.10. The molecular weight excluding hydrogens is 349 g/mol. The van der Waals surface area contributed by atoms with E-state index in [0.717, 1.165) is 11.1 Å². The number of phenols is 1. The highest BCUT2D eigenvalue weighted by atomic mass is 31.2. The monoisotopic (exact) mass is 377 g/mol. The van der Waals surface area contributed by atoms with Crippen molar-refractivity contribution in [2.24, 2.45) is 0 Å². The van der Waals surface area contributed by atoms with Gasteiger partial charge in [-0.05, 0) is 75.4 Å². The fourth-order valence-electron chi connectivity index (χ4n) is 2.93. The molecule has 0 aliphatic heterocycles. The molecule has 0 amide bonds. The fourth-order valence-corrected chi connectivity index (χ4v) is 5.10. The lowest BCUT2D eigenvalue weighted by Gasteiger charge is -2.36. The minimum atomic E-state index is -3.59. The molecule has 1 aromatic heterocycles. The van der Waals surface area contributed by atoms with E-state index in [1.807, 2.05) is 39.8 Å². The molecule has 0 bridgehead atoms. The zero-order chi connectivity index (χ0) is 19.5. The molecule has 142 valence electrons. The SMILES string of the molecule is CCOP(=O)(Oc1cc(C)c(O)c(C)c1C)C(C)(CC)c1cccnc1. The summed E-state index contributed by atoms with van der Waals surface area (Å²) in [5.74, 6) is 0.699. The summed E-state index contributed by atoms with van der Waals surface area (Å²) in [6.45, 7) is 11.4. The first-order valence-electron chi connectivity index (χ1n) is 8.84. The Kier molecular flexibility index (Phi) is 6.15. The van der Waals surface area contributed by atoms with E-state index in [-0.39, 0.29) is 12.4 Å². The van der Waals surface area contributed by atoms with Gasteiger partial charge in [0.2, 0.25) is 0 Å². The number of hydrogen-bond acceptors (Lipinski definition) is 5. The zero-order valence-corrected chi connectivity index (χ0v) is 17.3. The largest absolute Gasteiger partial charge is 0.507 e. The fraction of sp³-hybridized carbons (Fsp3) is 0.450. The van der Waals surface area contributed by atoms with Crippen LogP contribution in [0.5, 0.6) is 11.5 Å². The molecule has 1 heterocycles. The molecule has 5 nitrogen and oxygen atoms in total. The van der Waals surface area contributed by atoms with E-state index in [0.29, 0.717) is 23.3 Å². The van der Waals surface area contributed by atoms with Crippen LogP contribution in [0.1, 0.15) is 49.4 Å². The highest BCUT2D eigenvalue weighted by molar-refractivity contribution is 7.55. The lowest BCUT2D eigenvalue weighted by Crippen LogP contribution is -2.26. The Balaban J connectivity index is 2.59. The van der Waals surface area contributed by atoms with Crippen LogP contribution in [0.2, 0.25) is 0 Å². The van der Waals surface area contributed by atoms with Gasteiger partial charge in [0.1, 0.15) is 16.7 Å². The van der Waals surface area contributed by atoms with E-state index in [2.05, 4.69) is 4.98 Å². The van der Waals surface area contributed by atoms with E-state index < -0.39 is 12.8 Å². The maximum Gasteiger partial charge on any atom is 0.389 e. The van der Waals surface area contributed by atoms with E-state index in [4.69, 9.17) is 9.05 Å². The van der Waals surface area contributed by atoms with Gasteiger partial charge in [0.05, 0.1) is 6.61 Å². The summed E-state index contributed by atoms with van der Waals surface area (Å²) in [7, 11) is -3.59. The summed E-state index contributed by atoms with van der Waals surface area (Å²) < 4.78 is 25.8. The van der Waals surface area contributed by atoms with Crippen LogP contribution in [0, 0.1) is 20.8 Å². The summed E-state index contributed by atoms with van der Waals surface area (Å²) in [6.07, 6.45) is 3.95. The maximum atomic E-state index is 14.0. The Bertz CT molecular complexity index is 822. The van der Waals surface area contributed by atoms with E-state index in [9.17, 15) is 9.67 Å². The number of hydrogen-bond donors (Lipinski definition) is 1. The van der Waals surface area contributed by atoms with Crippen LogP contribution in [-0.4, -0.2) is 16.7 Å². The number of aryl methyl sites for hydroxylation is 1. The number of aromatic hydroxyl groups is 1. The van der Waals surface area contributed by atoms with Crippen molar-refractivity contribution in [3.05, 3.63) is 52.8 Å². The van der Waals surface area contributed by atoms with Crippen molar-refractivity contribution < 1.29 is 18.7 Å². The Morgan fingerprint density at radius 1 is 1.23 bits per heavy atom. The molecule has 0 saturated heterocycles. The number of nitrogens with zero attached hydrogens (tertiary/aromatic N) is 1. The standard InChI is InChI=1S/C20H28NO4P/c1-7-20(6,17-10-9-11-21-13-17)26(23,24-8-2)25-18-12-14(3)19(22)16(5)15(18)4/h9-13,22H,7-8H2,1-6H3. The molecule has 6 heteroatoms. The maximum absolute atomic E-state index is 14.0. The molecule has 2 unspecified atom stereocenters. The highest BCUT2D eigenvalue weighted by Gasteiger charge is 2.49. The molecule has 1 N–H and O–H groups in total. The Morgan fingerprint density at radius 3 is 2.46 bits per heavy atom. The highest BCUT2D eigenvalue weighted by Crippen LogP contribution is 2.66. The van der Waals surface area contributed by atoms with Gasteiger partial charge in [-0.3, -0.25) is 9.51 Å². The number of benzene rings is 1. The van der Waals surface area contributed by atoms with Crippen molar-refractivity contribution in [1.29, 1.82) is 0 Å². The average molecular weight is 377 g/mol. The molecule has 0 fully saturated rings. The second-order valence-electron chi connectivity index (χ2n) is 6.67. The smallest absolute Gasteiger partial charge is 0.389 e. The first-order valence-corrected chi connectivity index (χ1v) is 10.4. The third kappa shape index (κ3) is 3.51. The van der Waals surface area contributed by atoms with Crippen LogP contribution < -0.4 is 4.52 Å².